The van der Waals surface area contributed by atoms with Crippen molar-refractivity contribution in [1.82, 2.24) is 0 Å². The molecule has 2 N–H and O–H groups in total. The fourth-order valence-electron chi connectivity index (χ4n) is 1.38. The van der Waals surface area contributed by atoms with Crippen LogP contribution in [0.25, 0.3) is 0 Å². The van der Waals surface area contributed by atoms with Crippen LogP contribution in [0.2, 0.25) is 0 Å². The fraction of sp³-hybridized carbons (Fsp3) is 0.417. The lowest BCUT2D eigenvalue weighted by atomic mass is 10.2. The first-order chi connectivity index (χ1) is 7.13. The summed E-state index contributed by atoms with van der Waals surface area (Å²) in [6, 6.07) is 6.82. The average Bonchev–Trinajstić information content (AvgIpc) is 2.18. The maximum atomic E-state index is 11.6. The number of benzene rings is 1. The zero-order chi connectivity index (χ0) is 11.3. The Hall–Kier alpha value is -1.51. The van der Waals surface area contributed by atoms with Crippen molar-refractivity contribution >= 4 is 11.7 Å². The third kappa shape index (κ3) is 3.62. The molecule has 3 nitrogen and oxygen atoms in total. The van der Waals surface area contributed by atoms with Crippen molar-refractivity contribution in [3.8, 4) is 0 Å². The Bertz CT molecular complexity index is 336. The molecular weight excluding hydrogens is 190 g/mol. The van der Waals surface area contributed by atoms with Gasteiger partial charge in [-0.15, -0.1) is 0 Å². The molecular formula is C12H17NO2. The summed E-state index contributed by atoms with van der Waals surface area (Å²) in [6.07, 6.45) is 1.85. The molecule has 1 aromatic carbocycles. The number of nitrogens with two attached hydrogens (primary N) is 1. The third-order valence-corrected chi connectivity index (χ3v) is 2.13. The highest BCUT2D eigenvalue weighted by molar-refractivity contribution is 5.90. The van der Waals surface area contributed by atoms with Gasteiger partial charge >= 0.3 is 5.97 Å². The van der Waals surface area contributed by atoms with Crippen molar-refractivity contribution < 1.29 is 9.53 Å². The molecule has 15 heavy (non-hydrogen) atoms. The van der Waals surface area contributed by atoms with Crippen LogP contribution in [0.4, 0.5) is 5.69 Å². The molecule has 0 saturated carbocycles. The maximum absolute atomic E-state index is 11.6. The summed E-state index contributed by atoms with van der Waals surface area (Å²) >= 11 is 0. The summed E-state index contributed by atoms with van der Waals surface area (Å²) in [4.78, 5) is 11.6. The van der Waals surface area contributed by atoms with Crippen LogP contribution in [-0.4, -0.2) is 12.1 Å². The Morgan fingerprint density at radius 2 is 2.27 bits per heavy atom. The van der Waals surface area contributed by atoms with Gasteiger partial charge in [0.15, 0.2) is 0 Å². The second-order valence-electron chi connectivity index (χ2n) is 3.63. The van der Waals surface area contributed by atoms with E-state index in [0.717, 1.165) is 12.8 Å². The minimum atomic E-state index is -0.303. The second-order valence-corrected chi connectivity index (χ2v) is 3.63. The van der Waals surface area contributed by atoms with E-state index in [1.807, 2.05) is 6.92 Å². The topological polar surface area (TPSA) is 52.3 Å². The predicted octanol–water partition coefficient (Wildman–Crippen LogP) is 2.61. The largest absolute Gasteiger partial charge is 0.459 e. The van der Waals surface area contributed by atoms with Crippen LogP contribution in [-0.2, 0) is 4.74 Å². The number of carbonyl (C=O) groups is 1. The lowest BCUT2D eigenvalue weighted by Gasteiger charge is -2.12. The van der Waals surface area contributed by atoms with Crippen molar-refractivity contribution in [2.75, 3.05) is 5.73 Å². The number of ether oxygens (including phenoxy) is 1. The predicted molar refractivity (Wildman–Crippen MR) is 60.6 cm³/mol. The molecule has 1 rings (SSSR count). The molecule has 0 spiro atoms. The van der Waals surface area contributed by atoms with Crippen molar-refractivity contribution in [1.29, 1.82) is 0 Å². The van der Waals surface area contributed by atoms with Gasteiger partial charge in [-0.1, -0.05) is 19.4 Å². The summed E-state index contributed by atoms with van der Waals surface area (Å²) in [7, 11) is 0. The van der Waals surface area contributed by atoms with E-state index in [1.54, 1.807) is 24.3 Å². The van der Waals surface area contributed by atoms with Gasteiger partial charge in [0.25, 0.3) is 0 Å². The molecule has 0 fully saturated rings. The van der Waals surface area contributed by atoms with Gasteiger partial charge in [0.2, 0.25) is 0 Å². The quantitative estimate of drug-likeness (QED) is 0.610. The first-order valence-corrected chi connectivity index (χ1v) is 5.20. The van der Waals surface area contributed by atoms with E-state index in [4.69, 9.17) is 10.5 Å². The summed E-state index contributed by atoms with van der Waals surface area (Å²) in [5.41, 5.74) is 6.67. The summed E-state index contributed by atoms with van der Waals surface area (Å²) in [6.45, 7) is 3.96. The SMILES string of the molecule is CCCC(C)OC(=O)c1cccc(N)c1. The van der Waals surface area contributed by atoms with Gasteiger partial charge in [0, 0.05) is 5.69 Å². The zero-order valence-electron chi connectivity index (χ0n) is 9.19. The Labute approximate surface area is 90.2 Å². The van der Waals surface area contributed by atoms with Crippen LogP contribution in [0.3, 0.4) is 0 Å². The number of nitrogen functional groups attached to an aromatic ring is 1. The second kappa shape index (κ2) is 5.39. The van der Waals surface area contributed by atoms with Crippen LogP contribution < -0.4 is 5.73 Å². The maximum Gasteiger partial charge on any atom is 0.338 e. The van der Waals surface area contributed by atoms with Crippen LogP contribution in [0.1, 0.15) is 37.0 Å². The molecule has 0 aliphatic rings. The third-order valence-electron chi connectivity index (χ3n) is 2.13. The fourth-order valence-corrected chi connectivity index (χ4v) is 1.38. The van der Waals surface area contributed by atoms with Crippen LogP contribution in [0, 0.1) is 0 Å². The highest BCUT2D eigenvalue weighted by atomic mass is 16.5. The van der Waals surface area contributed by atoms with Gasteiger partial charge in [0.1, 0.15) is 0 Å². The lowest BCUT2D eigenvalue weighted by molar-refractivity contribution is 0.0323. The molecule has 0 heterocycles. The van der Waals surface area contributed by atoms with Gasteiger partial charge in [0.05, 0.1) is 11.7 Å². The van der Waals surface area contributed by atoms with E-state index in [2.05, 4.69) is 6.92 Å². The van der Waals surface area contributed by atoms with Gasteiger partial charge in [-0.2, -0.15) is 0 Å². The molecule has 0 amide bonds. The Balaban J connectivity index is 2.61. The van der Waals surface area contributed by atoms with Crippen LogP contribution in [0.15, 0.2) is 24.3 Å². The van der Waals surface area contributed by atoms with Crippen molar-refractivity contribution in [2.24, 2.45) is 0 Å². The highest BCUT2D eigenvalue weighted by Crippen LogP contribution is 2.10. The number of carbonyl (C=O) groups excluding carboxylic acids is 1. The van der Waals surface area contributed by atoms with Gasteiger partial charge < -0.3 is 10.5 Å². The molecule has 1 unspecified atom stereocenters. The van der Waals surface area contributed by atoms with Gasteiger partial charge in [-0.3, -0.25) is 0 Å². The molecule has 0 aromatic heterocycles. The summed E-state index contributed by atoms with van der Waals surface area (Å²) in [5, 5.41) is 0. The van der Waals surface area contributed by atoms with E-state index in [9.17, 15) is 4.79 Å². The van der Waals surface area contributed by atoms with E-state index in [0.29, 0.717) is 11.3 Å². The van der Waals surface area contributed by atoms with Crippen molar-refractivity contribution in [3.63, 3.8) is 0 Å². The number of esters is 1. The molecule has 1 aromatic rings. The van der Waals surface area contributed by atoms with E-state index >= 15 is 0 Å². The molecule has 3 heteroatoms. The van der Waals surface area contributed by atoms with Gasteiger partial charge in [-0.25, -0.2) is 4.79 Å². The van der Waals surface area contributed by atoms with Crippen molar-refractivity contribution in [3.05, 3.63) is 29.8 Å². The number of rotatable bonds is 4. The summed E-state index contributed by atoms with van der Waals surface area (Å²) < 4.78 is 5.24. The Kier molecular flexibility index (Phi) is 4.16. The van der Waals surface area contributed by atoms with E-state index in [-0.39, 0.29) is 12.1 Å². The Morgan fingerprint density at radius 3 is 2.87 bits per heavy atom. The van der Waals surface area contributed by atoms with Crippen LogP contribution >= 0.6 is 0 Å². The molecule has 0 radical (unpaired) electrons. The molecule has 0 saturated heterocycles. The number of anilines is 1. The zero-order valence-corrected chi connectivity index (χ0v) is 9.19. The van der Waals surface area contributed by atoms with Crippen molar-refractivity contribution in [2.45, 2.75) is 32.8 Å². The monoisotopic (exact) mass is 207 g/mol. The van der Waals surface area contributed by atoms with Crippen LogP contribution in [0.5, 0.6) is 0 Å². The Morgan fingerprint density at radius 1 is 1.53 bits per heavy atom. The average molecular weight is 207 g/mol. The first kappa shape index (κ1) is 11.6. The number of hydrogen-bond acceptors (Lipinski definition) is 3. The van der Waals surface area contributed by atoms with E-state index in [1.165, 1.54) is 0 Å². The minimum absolute atomic E-state index is 0.0380. The molecule has 0 bridgehead atoms. The highest BCUT2D eigenvalue weighted by Gasteiger charge is 2.10. The first-order valence-electron chi connectivity index (χ1n) is 5.20. The normalized spacial score (nSPS) is 12.1. The van der Waals surface area contributed by atoms with Gasteiger partial charge in [-0.05, 0) is 31.5 Å². The molecule has 0 aliphatic carbocycles. The smallest absolute Gasteiger partial charge is 0.338 e. The lowest BCUT2D eigenvalue weighted by Crippen LogP contribution is -2.14. The standard InChI is InChI=1S/C12H17NO2/c1-3-5-9(2)15-12(14)10-6-4-7-11(13)8-10/h4,6-9H,3,5,13H2,1-2H3. The molecule has 82 valence electrons. The minimum Gasteiger partial charge on any atom is -0.459 e. The molecule has 1 atom stereocenters. The molecule has 0 aliphatic heterocycles. The number of hydrogen-bond donors (Lipinski definition) is 1. The van der Waals surface area contributed by atoms with E-state index < -0.39 is 0 Å². The summed E-state index contributed by atoms with van der Waals surface area (Å²) in [5.74, 6) is -0.303.